The molecule has 100 valence electrons. The second kappa shape index (κ2) is 6.07. The van der Waals surface area contributed by atoms with Crippen molar-refractivity contribution in [2.24, 2.45) is 0 Å². The van der Waals surface area contributed by atoms with E-state index in [9.17, 15) is 5.11 Å². The van der Waals surface area contributed by atoms with E-state index in [1.54, 1.807) is 0 Å². The zero-order valence-electron chi connectivity index (χ0n) is 11.0. The van der Waals surface area contributed by atoms with E-state index in [0.29, 0.717) is 5.92 Å². The number of rotatable bonds is 3. The summed E-state index contributed by atoms with van der Waals surface area (Å²) in [4.78, 5) is 0. The Morgan fingerprint density at radius 2 is 2.00 bits per heavy atom. The van der Waals surface area contributed by atoms with Gasteiger partial charge in [0, 0.05) is 4.47 Å². The van der Waals surface area contributed by atoms with E-state index in [2.05, 4.69) is 35.8 Å². The Balaban J connectivity index is 2.17. The van der Waals surface area contributed by atoms with E-state index in [0.717, 1.165) is 35.9 Å². The third-order valence-electron chi connectivity index (χ3n) is 3.54. The van der Waals surface area contributed by atoms with Gasteiger partial charge >= 0.3 is 0 Å². The minimum atomic E-state index is -0.317. The van der Waals surface area contributed by atoms with Gasteiger partial charge in [0.05, 0.1) is 6.10 Å². The summed E-state index contributed by atoms with van der Waals surface area (Å²) >= 11 is 3.50. The average Bonchev–Trinajstić information content (AvgIpc) is 2.34. The van der Waals surface area contributed by atoms with E-state index >= 15 is 0 Å². The highest BCUT2D eigenvalue weighted by molar-refractivity contribution is 9.10. The fourth-order valence-electron chi connectivity index (χ4n) is 2.46. The van der Waals surface area contributed by atoms with E-state index in [4.69, 9.17) is 4.74 Å². The van der Waals surface area contributed by atoms with Crippen LogP contribution >= 0.6 is 15.9 Å². The van der Waals surface area contributed by atoms with E-state index in [1.807, 2.05) is 12.1 Å². The summed E-state index contributed by atoms with van der Waals surface area (Å²) in [5.74, 6) is 1.33. The van der Waals surface area contributed by atoms with Gasteiger partial charge in [0.25, 0.3) is 0 Å². The van der Waals surface area contributed by atoms with Crippen LogP contribution in [0.2, 0.25) is 0 Å². The molecule has 1 fully saturated rings. The molecule has 1 aliphatic carbocycles. The van der Waals surface area contributed by atoms with Crippen LogP contribution in [0.5, 0.6) is 5.75 Å². The first-order valence-electron chi connectivity index (χ1n) is 6.72. The molecule has 2 rings (SSSR count). The molecule has 2 unspecified atom stereocenters. The molecular formula is C15H21BrO2. The fourth-order valence-corrected chi connectivity index (χ4v) is 2.83. The van der Waals surface area contributed by atoms with Gasteiger partial charge in [0.2, 0.25) is 0 Å². The molecule has 0 amide bonds. The third kappa shape index (κ3) is 3.27. The van der Waals surface area contributed by atoms with Crippen molar-refractivity contribution in [3.63, 3.8) is 0 Å². The quantitative estimate of drug-likeness (QED) is 0.904. The molecule has 1 saturated carbocycles. The summed E-state index contributed by atoms with van der Waals surface area (Å²) in [7, 11) is 0. The number of halogens is 1. The van der Waals surface area contributed by atoms with Crippen molar-refractivity contribution in [2.75, 3.05) is 0 Å². The highest BCUT2D eigenvalue weighted by Crippen LogP contribution is 2.32. The van der Waals surface area contributed by atoms with Gasteiger partial charge in [-0.15, -0.1) is 0 Å². The lowest BCUT2D eigenvalue weighted by molar-refractivity contribution is 0.00629. The van der Waals surface area contributed by atoms with Crippen molar-refractivity contribution in [2.45, 2.75) is 57.7 Å². The molecule has 3 heteroatoms. The third-order valence-corrected chi connectivity index (χ3v) is 4.03. The maximum atomic E-state index is 9.98. The number of hydrogen-bond acceptors (Lipinski definition) is 2. The standard InChI is InChI=1S/C15H21BrO2/c1-10(2)12-9-11(16)7-8-14(12)18-15-6-4-3-5-13(15)17/h7-10,13,15,17H,3-6H2,1-2H3. The lowest BCUT2D eigenvalue weighted by atomic mass is 9.94. The van der Waals surface area contributed by atoms with Crippen LogP contribution in [0.15, 0.2) is 22.7 Å². The van der Waals surface area contributed by atoms with E-state index in [-0.39, 0.29) is 12.2 Å². The van der Waals surface area contributed by atoms with Gasteiger partial charge in [0.15, 0.2) is 0 Å². The van der Waals surface area contributed by atoms with Crippen LogP contribution in [-0.4, -0.2) is 17.3 Å². The maximum Gasteiger partial charge on any atom is 0.124 e. The molecule has 0 saturated heterocycles. The normalized spacial score (nSPS) is 24.3. The lowest BCUT2D eigenvalue weighted by Crippen LogP contribution is -2.34. The maximum absolute atomic E-state index is 9.98. The highest BCUT2D eigenvalue weighted by atomic mass is 79.9. The van der Waals surface area contributed by atoms with Gasteiger partial charge < -0.3 is 9.84 Å². The summed E-state index contributed by atoms with van der Waals surface area (Å²) < 4.78 is 7.12. The number of ether oxygens (including phenoxy) is 1. The Labute approximate surface area is 117 Å². The summed E-state index contributed by atoms with van der Waals surface area (Å²) in [6, 6.07) is 6.10. The van der Waals surface area contributed by atoms with Gasteiger partial charge in [-0.3, -0.25) is 0 Å². The fraction of sp³-hybridized carbons (Fsp3) is 0.600. The molecule has 0 aromatic heterocycles. The van der Waals surface area contributed by atoms with Crippen LogP contribution in [0.3, 0.4) is 0 Å². The number of aliphatic hydroxyl groups excluding tert-OH is 1. The van der Waals surface area contributed by atoms with Gasteiger partial charge in [-0.1, -0.05) is 36.2 Å². The summed E-state index contributed by atoms with van der Waals surface area (Å²) in [6.07, 6.45) is 3.71. The molecule has 0 bridgehead atoms. The predicted octanol–water partition coefficient (Wildman–Crippen LogP) is 4.25. The predicted molar refractivity (Wildman–Crippen MR) is 77.1 cm³/mol. The molecule has 0 aliphatic heterocycles. The second-order valence-corrected chi connectivity index (χ2v) is 6.26. The first-order valence-corrected chi connectivity index (χ1v) is 7.51. The molecule has 0 radical (unpaired) electrons. The molecule has 1 aliphatic rings. The zero-order valence-corrected chi connectivity index (χ0v) is 12.6. The van der Waals surface area contributed by atoms with Crippen molar-refractivity contribution >= 4 is 15.9 Å². The Bertz CT molecular complexity index is 403. The summed E-state index contributed by atoms with van der Waals surface area (Å²) in [6.45, 7) is 4.32. The minimum absolute atomic E-state index is 0.0441. The van der Waals surface area contributed by atoms with Gasteiger partial charge in [0.1, 0.15) is 11.9 Å². The van der Waals surface area contributed by atoms with Crippen molar-refractivity contribution in [1.29, 1.82) is 0 Å². The Kier molecular flexibility index (Phi) is 4.68. The molecule has 1 N–H and O–H groups in total. The second-order valence-electron chi connectivity index (χ2n) is 5.34. The number of hydrogen-bond donors (Lipinski definition) is 1. The Hall–Kier alpha value is -0.540. The van der Waals surface area contributed by atoms with E-state index < -0.39 is 0 Å². The largest absolute Gasteiger partial charge is 0.487 e. The van der Waals surface area contributed by atoms with Crippen LogP contribution in [0.4, 0.5) is 0 Å². The SMILES string of the molecule is CC(C)c1cc(Br)ccc1OC1CCCCC1O. The van der Waals surface area contributed by atoms with E-state index in [1.165, 1.54) is 5.56 Å². The van der Waals surface area contributed by atoms with Gasteiger partial charge in [-0.25, -0.2) is 0 Å². The van der Waals surface area contributed by atoms with Crippen molar-refractivity contribution in [1.82, 2.24) is 0 Å². The molecule has 1 aromatic carbocycles. The van der Waals surface area contributed by atoms with Crippen LogP contribution in [-0.2, 0) is 0 Å². The first-order chi connectivity index (χ1) is 8.58. The smallest absolute Gasteiger partial charge is 0.124 e. The summed E-state index contributed by atoms with van der Waals surface area (Å²) in [5.41, 5.74) is 1.20. The monoisotopic (exact) mass is 312 g/mol. The number of benzene rings is 1. The molecule has 0 heterocycles. The molecular weight excluding hydrogens is 292 g/mol. The van der Waals surface area contributed by atoms with Crippen molar-refractivity contribution in [3.05, 3.63) is 28.2 Å². The average molecular weight is 313 g/mol. The molecule has 2 nitrogen and oxygen atoms in total. The molecule has 2 atom stereocenters. The molecule has 0 spiro atoms. The van der Waals surface area contributed by atoms with Crippen LogP contribution in [0, 0.1) is 0 Å². The van der Waals surface area contributed by atoms with Crippen LogP contribution in [0.1, 0.15) is 51.0 Å². The molecule has 1 aromatic rings. The summed E-state index contributed by atoms with van der Waals surface area (Å²) in [5, 5.41) is 9.98. The van der Waals surface area contributed by atoms with Crippen molar-refractivity contribution < 1.29 is 9.84 Å². The Morgan fingerprint density at radius 1 is 1.28 bits per heavy atom. The van der Waals surface area contributed by atoms with Gasteiger partial charge in [-0.05, 0) is 48.9 Å². The van der Waals surface area contributed by atoms with Crippen LogP contribution in [0.25, 0.3) is 0 Å². The van der Waals surface area contributed by atoms with Crippen molar-refractivity contribution in [3.8, 4) is 5.75 Å². The first kappa shape index (κ1) is 13.9. The number of aliphatic hydroxyl groups is 1. The topological polar surface area (TPSA) is 29.5 Å². The minimum Gasteiger partial charge on any atom is -0.487 e. The highest BCUT2D eigenvalue weighted by Gasteiger charge is 2.25. The van der Waals surface area contributed by atoms with Gasteiger partial charge in [-0.2, -0.15) is 0 Å². The van der Waals surface area contributed by atoms with Crippen LogP contribution < -0.4 is 4.74 Å². The Morgan fingerprint density at radius 3 is 2.67 bits per heavy atom. The lowest BCUT2D eigenvalue weighted by Gasteiger charge is -2.29. The zero-order chi connectivity index (χ0) is 13.1. The molecule has 18 heavy (non-hydrogen) atoms.